The maximum Gasteiger partial charge on any atom is 0.117 e. The highest BCUT2D eigenvalue weighted by atomic mass is 35.5. The van der Waals surface area contributed by atoms with Crippen LogP contribution in [0.15, 0.2) is 18.2 Å². The normalized spacial score (nSPS) is 10.7. The summed E-state index contributed by atoms with van der Waals surface area (Å²) in [6, 6.07) is 4.91. The van der Waals surface area contributed by atoms with Gasteiger partial charge >= 0.3 is 0 Å². The molecule has 0 saturated heterocycles. The lowest BCUT2D eigenvalue weighted by atomic mass is 10.2. The van der Waals surface area contributed by atoms with Crippen molar-refractivity contribution in [2.75, 3.05) is 7.05 Å². The van der Waals surface area contributed by atoms with Gasteiger partial charge in [-0.3, -0.25) is 4.31 Å². The zero-order chi connectivity index (χ0) is 9.14. The van der Waals surface area contributed by atoms with Crippen molar-refractivity contribution in [3.05, 3.63) is 28.8 Å². The summed E-state index contributed by atoms with van der Waals surface area (Å²) in [5.74, 6) is 0.186. The van der Waals surface area contributed by atoms with Gasteiger partial charge in [0.1, 0.15) is 5.75 Å². The number of thiol groups is 1. The standard InChI is InChI=1S/C8H10ClNOS/c1-10(12)5-6-2-3-7(11)4-8(6)9/h2-4,11-12H,5H2,1H3. The zero-order valence-electron chi connectivity index (χ0n) is 6.66. The lowest BCUT2D eigenvalue weighted by molar-refractivity contribution is 0.474. The highest BCUT2D eigenvalue weighted by Crippen LogP contribution is 2.22. The van der Waals surface area contributed by atoms with Crippen LogP contribution in [0.4, 0.5) is 0 Å². The number of nitrogens with zero attached hydrogens (tertiary/aromatic N) is 1. The third-order valence-corrected chi connectivity index (χ3v) is 1.93. The minimum atomic E-state index is 0.186. The van der Waals surface area contributed by atoms with Gasteiger partial charge in [0.25, 0.3) is 0 Å². The Bertz CT molecular complexity index is 278. The number of phenols is 1. The first-order valence-corrected chi connectivity index (χ1v) is 4.25. The van der Waals surface area contributed by atoms with E-state index in [1.807, 2.05) is 7.05 Å². The maximum absolute atomic E-state index is 9.05. The SMILES string of the molecule is CN(S)Cc1ccc(O)cc1Cl. The summed E-state index contributed by atoms with van der Waals surface area (Å²) in [6.07, 6.45) is 0. The van der Waals surface area contributed by atoms with Crippen molar-refractivity contribution in [2.45, 2.75) is 6.54 Å². The highest BCUT2D eigenvalue weighted by Gasteiger charge is 2.02. The number of phenolic OH excluding ortho intramolecular Hbond substituents is 1. The minimum absolute atomic E-state index is 0.186. The molecule has 0 aliphatic heterocycles. The second-order valence-corrected chi connectivity index (χ2v) is 3.68. The predicted octanol–water partition coefficient (Wildman–Crippen LogP) is 2.32. The molecule has 0 radical (unpaired) electrons. The Balaban J connectivity index is 2.86. The number of hydrogen-bond donors (Lipinski definition) is 2. The predicted molar refractivity (Wildman–Crippen MR) is 53.6 cm³/mol. The van der Waals surface area contributed by atoms with E-state index in [0.717, 1.165) is 5.56 Å². The molecule has 1 N–H and O–H groups in total. The van der Waals surface area contributed by atoms with Gasteiger partial charge in [-0.15, -0.1) is 0 Å². The first-order valence-electron chi connectivity index (χ1n) is 3.47. The monoisotopic (exact) mass is 203 g/mol. The summed E-state index contributed by atoms with van der Waals surface area (Å²) < 4.78 is 1.72. The molecule has 0 aliphatic carbocycles. The third kappa shape index (κ3) is 2.59. The molecule has 0 heterocycles. The second-order valence-electron chi connectivity index (χ2n) is 2.59. The first-order chi connectivity index (χ1) is 5.59. The molecule has 0 unspecified atom stereocenters. The summed E-state index contributed by atoms with van der Waals surface area (Å²) in [7, 11) is 1.84. The van der Waals surface area contributed by atoms with Crippen LogP contribution < -0.4 is 0 Å². The van der Waals surface area contributed by atoms with Gasteiger partial charge in [0.2, 0.25) is 0 Å². The fourth-order valence-corrected chi connectivity index (χ4v) is 1.30. The van der Waals surface area contributed by atoms with E-state index in [4.69, 9.17) is 16.7 Å². The van der Waals surface area contributed by atoms with Gasteiger partial charge in [-0.2, -0.15) is 0 Å². The van der Waals surface area contributed by atoms with Gasteiger partial charge in [0.05, 0.1) is 0 Å². The Hall–Kier alpha value is -0.380. The number of benzene rings is 1. The first kappa shape index (κ1) is 9.71. The molecule has 1 aromatic rings. The Morgan fingerprint density at radius 2 is 2.25 bits per heavy atom. The van der Waals surface area contributed by atoms with Crippen molar-refractivity contribution in [3.8, 4) is 5.75 Å². The van der Waals surface area contributed by atoms with Crippen molar-refractivity contribution >= 4 is 24.4 Å². The van der Waals surface area contributed by atoms with Crippen LogP contribution in [-0.2, 0) is 6.54 Å². The fraction of sp³-hybridized carbons (Fsp3) is 0.250. The Kier molecular flexibility index (Phi) is 3.26. The van der Waals surface area contributed by atoms with E-state index in [1.54, 1.807) is 16.4 Å². The molecule has 0 atom stereocenters. The molecule has 0 bridgehead atoms. The van der Waals surface area contributed by atoms with E-state index >= 15 is 0 Å². The van der Waals surface area contributed by atoms with Crippen LogP contribution in [0.25, 0.3) is 0 Å². The van der Waals surface area contributed by atoms with Crippen LogP contribution in [0.1, 0.15) is 5.56 Å². The molecule has 2 nitrogen and oxygen atoms in total. The van der Waals surface area contributed by atoms with Crippen molar-refractivity contribution in [1.29, 1.82) is 0 Å². The van der Waals surface area contributed by atoms with Crippen molar-refractivity contribution < 1.29 is 5.11 Å². The van der Waals surface area contributed by atoms with E-state index < -0.39 is 0 Å². The molecule has 1 rings (SSSR count). The largest absolute Gasteiger partial charge is 0.508 e. The van der Waals surface area contributed by atoms with Crippen molar-refractivity contribution in [2.24, 2.45) is 0 Å². The molecular formula is C8H10ClNOS. The van der Waals surface area contributed by atoms with E-state index in [0.29, 0.717) is 11.6 Å². The molecule has 0 aromatic heterocycles. The maximum atomic E-state index is 9.05. The molecule has 4 heteroatoms. The second kappa shape index (κ2) is 4.03. The smallest absolute Gasteiger partial charge is 0.117 e. The van der Waals surface area contributed by atoms with Gasteiger partial charge in [-0.1, -0.05) is 30.5 Å². The van der Waals surface area contributed by atoms with Crippen LogP contribution in [0.2, 0.25) is 5.02 Å². The third-order valence-electron chi connectivity index (χ3n) is 1.44. The molecular weight excluding hydrogens is 194 g/mol. The van der Waals surface area contributed by atoms with Gasteiger partial charge in [-0.05, 0) is 24.7 Å². The van der Waals surface area contributed by atoms with Crippen LogP contribution >= 0.6 is 24.4 Å². The fourth-order valence-electron chi connectivity index (χ4n) is 0.911. The zero-order valence-corrected chi connectivity index (χ0v) is 8.31. The average Bonchev–Trinajstić information content (AvgIpc) is 1.94. The summed E-state index contributed by atoms with van der Waals surface area (Å²) in [5.41, 5.74) is 0.951. The van der Waals surface area contributed by atoms with E-state index in [1.165, 1.54) is 6.07 Å². The summed E-state index contributed by atoms with van der Waals surface area (Å²) >= 11 is 9.95. The average molecular weight is 204 g/mol. The van der Waals surface area contributed by atoms with Crippen LogP contribution in [0.3, 0.4) is 0 Å². The van der Waals surface area contributed by atoms with Gasteiger partial charge in [0, 0.05) is 11.6 Å². The Labute approximate surface area is 82.3 Å². The highest BCUT2D eigenvalue weighted by molar-refractivity contribution is 7.77. The van der Waals surface area contributed by atoms with E-state index in [-0.39, 0.29) is 5.75 Å². The molecule has 0 aliphatic rings. The molecule has 0 fully saturated rings. The van der Waals surface area contributed by atoms with Gasteiger partial charge in [-0.25, -0.2) is 0 Å². The molecule has 0 saturated carbocycles. The van der Waals surface area contributed by atoms with Crippen molar-refractivity contribution in [3.63, 3.8) is 0 Å². The van der Waals surface area contributed by atoms with Gasteiger partial charge in [0.15, 0.2) is 0 Å². The molecule has 0 spiro atoms. The van der Waals surface area contributed by atoms with Crippen LogP contribution in [-0.4, -0.2) is 16.5 Å². The van der Waals surface area contributed by atoms with Crippen LogP contribution in [0.5, 0.6) is 5.75 Å². The molecule has 0 amide bonds. The number of hydrogen-bond acceptors (Lipinski definition) is 3. The summed E-state index contributed by atoms with van der Waals surface area (Å²) in [4.78, 5) is 0. The lowest BCUT2D eigenvalue weighted by Gasteiger charge is -2.09. The Morgan fingerprint density at radius 3 is 2.75 bits per heavy atom. The van der Waals surface area contributed by atoms with E-state index in [2.05, 4.69) is 12.8 Å². The molecule has 66 valence electrons. The molecule has 12 heavy (non-hydrogen) atoms. The van der Waals surface area contributed by atoms with Crippen molar-refractivity contribution in [1.82, 2.24) is 4.31 Å². The molecule has 1 aromatic carbocycles. The quantitative estimate of drug-likeness (QED) is 0.721. The van der Waals surface area contributed by atoms with Crippen LogP contribution in [0, 0.1) is 0 Å². The topological polar surface area (TPSA) is 23.5 Å². The summed E-state index contributed by atoms with van der Waals surface area (Å²) in [5, 5.41) is 9.62. The Morgan fingerprint density at radius 1 is 1.58 bits per heavy atom. The van der Waals surface area contributed by atoms with Gasteiger partial charge < -0.3 is 5.11 Å². The summed E-state index contributed by atoms with van der Waals surface area (Å²) in [6.45, 7) is 0.655. The number of aromatic hydroxyl groups is 1. The minimum Gasteiger partial charge on any atom is -0.508 e. The number of rotatable bonds is 2. The lowest BCUT2D eigenvalue weighted by Crippen LogP contribution is -2.04. The van der Waals surface area contributed by atoms with E-state index in [9.17, 15) is 0 Å². The number of halogens is 1.